The second kappa shape index (κ2) is 7.24. The quantitative estimate of drug-likeness (QED) is 0.827. The van der Waals surface area contributed by atoms with Crippen molar-refractivity contribution in [1.82, 2.24) is 10.2 Å². The van der Waals surface area contributed by atoms with Crippen LogP contribution in [0.2, 0.25) is 0 Å². The van der Waals surface area contributed by atoms with Gasteiger partial charge in [-0.1, -0.05) is 13.0 Å². The minimum Gasteiger partial charge on any atom is -0.395 e. The fraction of sp³-hybridized carbons (Fsp3) is 0.714. The third kappa shape index (κ3) is 3.79. The molecule has 3 nitrogen and oxygen atoms in total. The zero-order chi connectivity index (χ0) is 12.8. The molecule has 0 radical (unpaired) electrons. The fourth-order valence-corrected chi connectivity index (χ4v) is 3.58. The summed E-state index contributed by atoms with van der Waals surface area (Å²) in [6.45, 7) is 6.52. The highest BCUT2D eigenvalue weighted by molar-refractivity contribution is 7.10. The lowest BCUT2D eigenvalue weighted by atomic mass is 9.92. The molecule has 102 valence electrons. The average Bonchev–Trinajstić information content (AvgIpc) is 2.90. The van der Waals surface area contributed by atoms with Crippen LogP contribution in [-0.4, -0.2) is 48.8 Å². The molecule has 2 atom stereocenters. The van der Waals surface area contributed by atoms with E-state index in [0.717, 1.165) is 26.2 Å². The van der Waals surface area contributed by atoms with E-state index in [9.17, 15) is 0 Å². The zero-order valence-electron chi connectivity index (χ0n) is 11.1. The first-order chi connectivity index (χ1) is 8.83. The van der Waals surface area contributed by atoms with Crippen LogP contribution in [0.25, 0.3) is 0 Å². The Morgan fingerprint density at radius 2 is 2.39 bits per heavy atom. The van der Waals surface area contributed by atoms with Gasteiger partial charge in [0.25, 0.3) is 0 Å². The van der Waals surface area contributed by atoms with Crippen LogP contribution >= 0.6 is 11.3 Å². The number of nitrogens with one attached hydrogen (secondary N) is 1. The van der Waals surface area contributed by atoms with E-state index in [2.05, 4.69) is 34.7 Å². The van der Waals surface area contributed by atoms with Crippen LogP contribution in [-0.2, 0) is 0 Å². The van der Waals surface area contributed by atoms with Crippen LogP contribution in [0, 0.1) is 0 Å². The van der Waals surface area contributed by atoms with Gasteiger partial charge in [0.1, 0.15) is 0 Å². The summed E-state index contributed by atoms with van der Waals surface area (Å²) in [6, 6.07) is 4.95. The molecule has 4 heteroatoms. The number of thiophene rings is 1. The van der Waals surface area contributed by atoms with E-state index in [1.807, 2.05) is 11.3 Å². The number of rotatable bonds is 6. The molecular formula is C14H24N2OS. The van der Waals surface area contributed by atoms with Crippen molar-refractivity contribution in [2.24, 2.45) is 0 Å². The van der Waals surface area contributed by atoms with Crippen LogP contribution in [0.5, 0.6) is 0 Å². The number of piperidine rings is 1. The first-order valence-corrected chi connectivity index (χ1v) is 7.81. The maximum Gasteiger partial charge on any atom is 0.0558 e. The third-order valence-electron chi connectivity index (χ3n) is 3.57. The molecule has 1 fully saturated rings. The Balaban J connectivity index is 1.97. The Kier molecular flexibility index (Phi) is 5.63. The van der Waals surface area contributed by atoms with Crippen LogP contribution < -0.4 is 5.32 Å². The minimum absolute atomic E-state index is 0.262. The second-order valence-corrected chi connectivity index (χ2v) is 6.06. The van der Waals surface area contributed by atoms with E-state index in [-0.39, 0.29) is 6.61 Å². The predicted octanol–water partition coefficient (Wildman–Crippen LogP) is 1.90. The summed E-state index contributed by atoms with van der Waals surface area (Å²) in [5.41, 5.74) is 0. The van der Waals surface area contributed by atoms with Crippen molar-refractivity contribution in [1.29, 1.82) is 0 Å². The van der Waals surface area contributed by atoms with Crippen molar-refractivity contribution in [2.45, 2.75) is 31.7 Å². The topological polar surface area (TPSA) is 35.5 Å². The highest BCUT2D eigenvalue weighted by Crippen LogP contribution is 2.30. The van der Waals surface area contributed by atoms with E-state index in [0.29, 0.717) is 12.0 Å². The molecule has 1 saturated heterocycles. The molecule has 1 aromatic rings. The van der Waals surface area contributed by atoms with E-state index >= 15 is 0 Å². The summed E-state index contributed by atoms with van der Waals surface area (Å²) in [4.78, 5) is 3.88. The number of nitrogens with zero attached hydrogens (tertiary/aromatic N) is 1. The Morgan fingerprint density at radius 3 is 3.06 bits per heavy atom. The molecule has 2 N–H and O–H groups in total. The summed E-state index contributed by atoms with van der Waals surface area (Å²) >= 11 is 1.86. The van der Waals surface area contributed by atoms with Gasteiger partial charge >= 0.3 is 0 Å². The number of aliphatic hydroxyl groups excluding tert-OH is 1. The summed E-state index contributed by atoms with van der Waals surface area (Å²) in [5, 5.41) is 14.9. The molecule has 2 unspecified atom stereocenters. The van der Waals surface area contributed by atoms with Crippen LogP contribution in [0.1, 0.15) is 30.6 Å². The molecule has 0 saturated carbocycles. The van der Waals surface area contributed by atoms with Crippen LogP contribution in [0.15, 0.2) is 17.5 Å². The lowest BCUT2D eigenvalue weighted by Gasteiger charge is -2.37. The molecule has 0 aliphatic carbocycles. The summed E-state index contributed by atoms with van der Waals surface area (Å²) in [7, 11) is 0. The van der Waals surface area contributed by atoms with Crippen molar-refractivity contribution in [3.05, 3.63) is 22.4 Å². The van der Waals surface area contributed by atoms with E-state index in [4.69, 9.17) is 5.11 Å². The smallest absolute Gasteiger partial charge is 0.0558 e. The standard InChI is InChI=1S/C14H24N2OS/c1-2-5-15-13-9-12(14-4-3-8-18-14)10-16(11-13)6-7-17/h3-4,8,12-13,15,17H,2,5-7,9-11H2,1H3. The summed E-state index contributed by atoms with van der Waals surface area (Å²) in [6.07, 6.45) is 2.41. The first kappa shape index (κ1) is 14.0. The minimum atomic E-state index is 0.262. The number of aliphatic hydroxyl groups is 1. The van der Waals surface area contributed by atoms with Gasteiger partial charge in [-0.2, -0.15) is 0 Å². The van der Waals surface area contributed by atoms with Gasteiger partial charge in [-0.25, -0.2) is 0 Å². The van der Waals surface area contributed by atoms with Gasteiger partial charge in [-0.15, -0.1) is 11.3 Å². The van der Waals surface area contributed by atoms with Gasteiger partial charge in [0.15, 0.2) is 0 Å². The van der Waals surface area contributed by atoms with Crippen molar-refractivity contribution < 1.29 is 5.11 Å². The average molecular weight is 268 g/mol. The largest absolute Gasteiger partial charge is 0.395 e. The Morgan fingerprint density at radius 1 is 1.50 bits per heavy atom. The van der Waals surface area contributed by atoms with E-state index in [1.165, 1.54) is 17.7 Å². The van der Waals surface area contributed by atoms with E-state index in [1.54, 1.807) is 0 Å². The zero-order valence-corrected chi connectivity index (χ0v) is 12.0. The molecule has 2 heterocycles. The third-order valence-corrected chi connectivity index (χ3v) is 4.61. The van der Waals surface area contributed by atoms with Gasteiger partial charge in [0.05, 0.1) is 6.61 Å². The highest BCUT2D eigenvalue weighted by Gasteiger charge is 2.27. The number of hydrogen-bond donors (Lipinski definition) is 2. The van der Waals surface area contributed by atoms with E-state index < -0.39 is 0 Å². The fourth-order valence-electron chi connectivity index (χ4n) is 2.74. The van der Waals surface area contributed by atoms with Gasteiger partial charge in [0.2, 0.25) is 0 Å². The predicted molar refractivity (Wildman–Crippen MR) is 77.3 cm³/mol. The second-order valence-electron chi connectivity index (χ2n) is 5.08. The SMILES string of the molecule is CCCNC1CC(c2cccs2)CN(CCO)C1. The Bertz CT molecular complexity index is 329. The molecule has 2 rings (SSSR count). The summed E-state index contributed by atoms with van der Waals surface area (Å²) in [5.74, 6) is 0.625. The normalized spacial score (nSPS) is 25.4. The molecule has 18 heavy (non-hydrogen) atoms. The van der Waals surface area contributed by atoms with Crippen LogP contribution in [0.3, 0.4) is 0 Å². The molecule has 0 spiro atoms. The monoisotopic (exact) mass is 268 g/mol. The van der Waals surface area contributed by atoms with Gasteiger partial charge < -0.3 is 10.4 Å². The molecule has 1 aliphatic rings. The highest BCUT2D eigenvalue weighted by atomic mass is 32.1. The number of hydrogen-bond acceptors (Lipinski definition) is 4. The Labute approximate surface area is 114 Å². The molecule has 0 bridgehead atoms. The molecule has 0 amide bonds. The van der Waals surface area contributed by atoms with Gasteiger partial charge in [-0.3, -0.25) is 4.90 Å². The molecular weight excluding hydrogens is 244 g/mol. The number of β-amino-alcohol motifs (C(OH)–C–C–N with tert-alkyl or cyclic N) is 1. The van der Waals surface area contributed by atoms with Crippen molar-refractivity contribution in [3.63, 3.8) is 0 Å². The lowest BCUT2D eigenvalue weighted by Crippen LogP contribution is -2.49. The number of likely N-dealkylation sites (tertiary alicyclic amines) is 1. The van der Waals surface area contributed by atoms with Crippen molar-refractivity contribution >= 4 is 11.3 Å². The van der Waals surface area contributed by atoms with Crippen molar-refractivity contribution in [2.75, 3.05) is 32.8 Å². The molecule has 1 aliphatic heterocycles. The van der Waals surface area contributed by atoms with Gasteiger partial charge in [0, 0.05) is 36.5 Å². The molecule has 0 aromatic carbocycles. The lowest BCUT2D eigenvalue weighted by molar-refractivity contribution is 0.139. The molecule has 1 aromatic heterocycles. The Hall–Kier alpha value is -0.420. The maximum atomic E-state index is 9.14. The van der Waals surface area contributed by atoms with Crippen LogP contribution in [0.4, 0.5) is 0 Å². The first-order valence-electron chi connectivity index (χ1n) is 6.93. The van der Waals surface area contributed by atoms with Crippen molar-refractivity contribution in [3.8, 4) is 0 Å². The maximum absolute atomic E-state index is 9.14. The van der Waals surface area contributed by atoms with Gasteiger partial charge in [-0.05, 0) is 30.8 Å². The summed E-state index contributed by atoms with van der Waals surface area (Å²) < 4.78 is 0.